The van der Waals surface area contributed by atoms with E-state index in [2.05, 4.69) is 55.5 Å². The largest absolute Gasteiger partial charge is 0.382 e. The first-order valence-electron chi connectivity index (χ1n) is 8.38. The van der Waals surface area contributed by atoms with E-state index in [9.17, 15) is 4.79 Å². The molecule has 6 nitrogen and oxygen atoms in total. The van der Waals surface area contributed by atoms with E-state index in [1.165, 1.54) is 5.56 Å². The van der Waals surface area contributed by atoms with Crippen molar-refractivity contribution in [3.63, 3.8) is 0 Å². The van der Waals surface area contributed by atoms with E-state index in [1.807, 2.05) is 0 Å². The SMILES string of the molecule is COCCOCC(=O)Nc1ccnn1Cc1ccc(C(C)(C)C)cc1. The van der Waals surface area contributed by atoms with Crippen LogP contribution in [0.1, 0.15) is 31.9 Å². The number of hydrogen-bond acceptors (Lipinski definition) is 4. The summed E-state index contributed by atoms with van der Waals surface area (Å²) in [5.74, 6) is 0.446. The van der Waals surface area contributed by atoms with Crippen molar-refractivity contribution in [1.82, 2.24) is 9.78 Å². The Morgan fingerprint density at radius 3 is 2.52 bits per heavy atom. The molecule has 0 radical (unpaired) electrons. The fraction of sp³-hybridized carbons (Fsp3) is 0.474. The molecule has 1 heterocycles. The minimum Gasteiger partial charge on any atom is -0.382 e. The Morgan fingerprint density at radius 2 is 1.88 bits per heavy atom. The van der Waals surface area contributed by atoms with Crippen molar-refractivity contribution in [2.75, 3.05) is 32.2 Å². The molecule has 0 atom stereocenters. The van der Waals surface area contributed by atoms with Gasteiger partial charge in [0.15, 0.2) is 0 Å². The van der Waals surface area contributed by atoms with Crippen molar-refractivity contribution in [3.05, 3.63) is 47.7 Å². The van der Waals surface area contributed by atoms with Crippen LogP contribution in [0.2, 0.25) is 0 Å². The van der Waals surface area contributed by atoms with E-state index in [0.717, 1.165) is 5.56 Å². The molecule has 1 aromatic carbocycles. The molecule has 0 bridgehead atoms. The van der Waals surface area contributed by atoms with Gasteiger partial charge in [0.25, 0.3) is 5.91 Å². The molecule has 0 aliphatic carbocycles. The number of amides is 1. The lowest BCUT2D eigenvalue weighted by Crippen LogP contribution is -2.21. The summed E-state index contributed by atoms with van der Waals surface area (Å²) >= 11 is 0. The molecule has 0 spiro atoms. The van der Waals surface area contributed by atoms with Crippen LogP contribution in [0.3, 0.4) is 0 Å². The summed E-state index contributed by atoms with van der Waals surface area (Å²) in [6, 6.07) is 10.3. The highest BCUT2D eigenvalue weighted by molar-refractivity contribution is 5.90. The highest BCUT2D eigenvalue weighted by Crippen LogP contribution is 2.22. The predicted octanol–water partition coefficient (Wildman–Crippen LogP) is 2.83. The van der Waals surface area contributed by atoms with Crippen LogP contribution in [0.25, 0.3) is 0 Å². The number of hydrogen-bond donors (Lipinski definition) is 1. The Kier molecular flexibility index (Phi) is 6.73. The van der Waals surface area contributed by atoms with Crippen LogP contribution in [-0.4, -0.2) is 42.6 Å². The number of ether oxygens (including phenoxy) is 2. The smallest absolute Gasteiger partial charge is 0.251 e. The maximum Gasteiger partial charge on any atom is 0.251 e. The summed E-state index contributed by atoms with van der Waals surface area (Å²) in [4.78, 5) is 11.9. The van der Waals surface area contributed by atoms with Gasteiger partial charge in [-0.1, -0.05) is 45.0 Å². The summed E-state index contributed by atoms with van der Waals surface area (Å²) in [7, 11) is 1.59. The molecule has 6 heteroatoms. The maximum atomic E-state index is 11.9. The summed E-state index contributed by atoms with van der Waals surface area (Å²) < 4.78 is 11.9. The molecule has 0 saturated carbocycles. The highest BCUT2D eigenvalue weighted by Gasteiger charge is 2.13. The van der Waals surface area contributed by atoms with Crippen molar-refractivity contribution < 1.29 is 14.3 Å². The van der Waals surface area contributed by atoms with E-state index < -0.39 is 0 Å². The molecule has 1 N–H and O–H groups in total. The molecule has 1 aromatic heterocycles. The van der Waals surface area contributed by atoms with Gasteiger partial charge in [-0.25, -0.2) is 4.68 Å². The van der Waals surface area contributed by atoms with E-state index in [4.69, 9.17) is 9.47 Å². The number of carbonyl (C=O) groups excluding carboxylic acids is 1. The minimum atomic E-state index is -0.207. The molecule has 2 rings (SSSR count). The summed E-state index contributed by atoms with van der Waals surface area (Å²) in [5.41, 5.74) is 2.55. The molecule has 1 amide bonds. The van der Waals surface area contributed by atoms with Crippen LogP contribution in [0.4, 0.5) is 5.82 Å². The van der Waals surface area contributed by atoms with Crippen LogP contribution >= 0.6 is 0 Å². The van der Waals surface area contributed by atoms with Gasteiger partial charge in [0.1, 0.15) is 12.4 Å². The second-order valence-corrected chi connectivity index (χ2v) is 6.91. The first-order chi connectivity index (χ1) is 11.9. The van der Waals surface area contributed by atoms with E-state index >= 15 is 0 Å². The molecule has 25 heavy (non-hydrogen) atoms. The second-order valence-electron chi connectivity index (χ2n) is 6.91. The summed E-state index contributed by atoms with van der Waals surface area (Å²) in [5, 5.41) is 7.11. The number of carbonyl (C=O) groups is 1. The van der Waals surface area contributed by atoms with Crippen molar-refractivity contribution in [3.8, 4) is 0 Å². The molecule has 0 fully saturated rings. The Bertz CT molecular complexity index is 672. The quantitative estimate of drug-likeness (QED) is 0.747. The number of anilines is 1. The van der Waals surface area contributed by atoms with Gasteiger partial charge >= 0.3 is 0 Å². The molecule has 136 valence electrons. The first kappa shape index (κ1) is 19.1. The summed E-state index contributed by atoms with van der Waals surface area (Å²) in [6.07, 6.45) is 1.67. The molecule has 0 aliphatic heterocycles. The van der Waals surface area contributed by atoms with Crippen LogP contribution in [0.5, 0.6) is 0 Å². The minimum absolute atomic E-state index is 0.00514. The van der Waals surface area contributed by atoms with Gasteiger partial charge in [-0.3, -0.25) is 4.79 Å². The number of nitrogens with one attached hydrogen (secondary N) is 1. The molecular weight excluding hydrogens is 318 g/mol. The van der Waals surface area contributed by atoms with Crippen LogP contribution < -0.4 is 5.32 Å². The monoisotopic (exact) mass is 345 g/mol. The van der Waals surface area contributed by atoms with E-state index in [-0.39, 0.29) is 17.9 Å². The predicted molar refractivity (Wildman–Crippen MR) is 97.8 cm³/mol. The molecule has 0 aliphatic rings. The summed E-state index contributed by atoms with van der Waals surface area (Å²) in [6.45, 7) is 8.03. The van der Waals surface area contributed by atoms with Gasteiger partial charge in [0.2, 0.25) is 0 Å². The third-order valence-corrected chi connectivity index (χ3v) is 3.80. The maximum absolute atomic E-state index is 11.9. The van der Waals surface area contributed by atoms with Crippen molar-refractivity contribution in [2.24, 2.45) is 0 Å². The van der Waals surface area contributed by atoms with Gasteiger partial charge in [-0.15, -0.1) is 0 Å². The zero-order chi connectivity index (χ0) is 18.3. The standard InChI is InChI=1S/C19H27N3O3/c1-19(2,3)16-7-5-15(6-8-16)13-22-17(9-10-20-22)21-18(23)14-25-12-11-24-4/h5-10H,11-14H2,1-4H3,(H,21,23). The van der Waals surface area contributed by atoms with Crippen LogP contribution in [0, 0.1) is 0 Å². The molecule has 0 saturated heterocycles. The van der Waals surface area contributed by atoms with Crippen molar-refractivity contribution >= 4 is 11.7 Å². The van der Waals surface area contributed by atoms with Crippen LogP contribution in [-0.2, 0) is 26.2 Å². The Hall–Kier alpha value is -2.18. The first-order valence-corrected chi connectivity index (χ1v) is 8.38. The van der Waals surface area contributed by atoms with Gasteiger partial charge in [-0.05, 0) is 16.5 Å². The van der Waals surface area contributed by atoms with E-state index in [1.54, 1.807) is 24.1 Å². The fourth-order valence-electron chi connectivity index (χ4n) is 2.33. The van der Waals surface area contributed by atoms with Gasteiger partial charge < -0.3 is 14.8 Å². The van der Waals surface area contributed by atoms with Crippen molar-refractivity contribution in [1.29, 1.82) is 0 Å². The normalized spacial score (nSPS) is 11.5. The van der Waals surface area contributed by atoms with Crippen LogP contribution in [0.15, 0.2) is 36.5 Å². The fourth-order valence-corrected chi connectivity index (χ4v) is 2.33. The molecule has 2 aromatic rings. The topological polar surface area (TPSA) is 65.4 Å². The van der Waals surface area contributed by atoms with E-state index in [0.29, 0.717) is 25.6 Å². The average Bonchev–Trinajstić information content (AvgIpc) is 2.98. The number of benzene rings is 1. The van der Waals surface area contributed by atoms with Crippen molar-refractivity contribution in [2.45, 2.75) is 32.7 Å². The third-order valence-electron chi connectivity index (χ3n) is 3.80. The zero-order valence-electron chi connectivity index (χ0n) is 15.4. The third kappa shape index (κ3) is 5.99. The second kappa shape index (κ2) is 8.78. The lowest BCUT2D eigenvalue weighted by atomic mass is 9.87. The Morgan fingerprint density at radius 1 is 1.16 bits per heavy atom. The highest BCUT2D eigenvalue weighted by atomic mass is 16.5. The number of aromatic nitrogens is 2. The molecule has 0 unspecified atom stereocenters. The zero-order valence-corrected chi connectivity index (χ0v) is 15.4. The Labute approximate surface area is 149 Å². The molecular formula is C19H27N3O3. The number of methoxy groups -OCH3 is 1. The van der Waals surface area contributed by atoms with Gasteiger partial charge in [0.05, 0.1) is 26.0 Å². The Balaban J connectivity index is 1.94. The number of nitrogens with zero attached hydrogens (tertiary/aromatic N) is 2. The number of rotatable bonds is 8. The lowest BCUT2D eigenvalue weighted by Gasteiger charge is -2.19. The van der Waals surface area contributed by atoms with Gasteiger partial charge in [0, 0.05) is 13.2 Å². The van der Waals surface area contributed by atoms with Gasteiger partial charge in [-0.2, -0.15) is 5.10 Å². The lowest BCUT2D eigenvalue weighted by molar-refractivity contribution is -0.121. The average molecular weight is 345 g/mol.